The lowest BCUT2D eigenvalue weighted by atomic mass is 10.1. The minimum absolute atomic E-state index is 0. The number of benzene rings is 2. The van der Waals surface area contributed by atoms with E-state index in [-0.39, 0.29) is 24.2 Å². The van der Waals surface area contributed by atoms with Gasteiger partial charge in [0.1, 0.15) is 5.82 Å². The molecule has 0 fully saturated rings. The van der Waals surface area contributed by atoms with Crippen LogP contribution in [0.5, 0.6) is 0 Å². The number of hydrogen-bond donors (Lipinski definition) is 3. The summed E-state index contributed by atoms with van der Waals surface area (Å²) in [4.78, 5) is 16.9. The Balaban J connectivity index is 0.00000261. The van der Waals surface area contributed by atoms with E-state index in [4.69, 9.17) is 5.73 Å². The summed E-state index contributed by atoms with van der Waals surface area (Å²) >= 11 is 0. The predicted molar refractivity (Wildman–Crippen MR) is 111 cm³/mol. The molecule has 1 aromatic heterocycles. The maximum absolute atomic E-state index is 12.4. The van der Waals surface area contributed by atoms with E-state index < -0.39 is 0 Å². The van der Waals surface area contributed by atoms with Gasteiger partial charge in [-0.1, -0.05) is 44.2 Å². The van der Waals surface area contributed by atoms with Crippen molar-refractivity contribution in [2.24, 2.45) is 0 Å². The third kappa shape index (κ3) is 5.08. The van der Waals surface area contributed by atoms with Crippen LogP contribution in [-0.4, -0.2) is 21.1 Å². The number of aromatic nitrogens is 3. The Kier molecular flexibility index (Phi) is 6.96. The molecular formula is C20H24ClN5O. The summed E-state index contributed by atoms with van der Waals surface area (Å²) in [5.74, 6) is 1.59. The number of nitrogens with two attached hydrogens (primary N) is 1. The molecule has 142 valence electrons. The molecule has 27 heavy (non-hydrogen) atoms. The Morgan fingerprint density at radius 1 is 1.15 bits per heavy atom. The maximum Gasteiger partial charge on any atom is 0.224 e. The van der Waals surface area contributed by atoms with Crippen LogP contribution in [0.4, 0.5) is 11.4 Å². The minimum Gasteiger partial charge on any atom is -0.399 e. The van der Waals surface area contributed by atoms with Gasteiger partial charge in [-0.15, -0.1) is 12.4 Å². The van der Waals surface area contributed by atoms with Gasteiger partial charge in [0.15, 0.2) is 5.82 Å². The monoisotopic (exact) mass is 385 g/mol. The second kappa shape index (κ2) is 9.19. The van der Waals surface area contributed by atoms with Crippen molar-refractivity contribution >= 4 is 29.7 Å². The smallest absolute Gasteiger partial charge is 0.224 e. The standard InChI is InChI=1S/C20H23N5O.ClH/c1-13(2)19-23-20(25-24-19)15-8-4-6-10-17(15)22-18(26)12-11-14-7-3-5-9-16(14)21;/h3-10,13H,11-12,21H2,1-2H3,(H,22,26)(H,23,24,25);1H. The highest BCUT2D eigenvalue weighted by Crippen LogP contribution is 2.26. The minimum atomic E-state index is -0.0691. The number of H-pyrrole nitrogens is 1. The number of aryl methyl sites for hydroxylation is 1. The first-order valence-corrected chi connectivity index (χ1v) is 8.69. The number of halogens is 1. The molecule has 2 aromatic carbocycles. The molecule has 0 saturated heterocycles. The van der Waals surface area contributed by atoms with E-state index in [1.165, 1.54) is 0 Å². The first-order chi connectivity index (χ1) is 12.5. The normalized spacial score (nSPS) is 10.5. The number of hydrogen-bond acceptors (Lipinski definition) is 4. The SMILES string of the molecule is CC(C)c1nc(-c2ccccc2NC(=O)CCc2ccccc2N)n[nH]1.Cl. The zero-order valence-electron chi connectivity index (χ0n) is 15.4. The number of amides is 1. The number of anilines is 2. The van der Waals surface area contributed by atoms with Gasteiger partial charge in [0.25, 0.3) is 0 Å². The third-order valence-electron chi connectivity index (χ3n) is 4.17. The Morgan fingerprint density at radius 2 is 1.85 bits per heavy atom. The highest BCUT2D eigenvalue weighted by Gasteiger charge is 2.14. The van der Waals surface area contributed by atoms with Crippen LogP contribution in [0.1, 0.15) is 37.6 Å². The number of aromatic amines is 1. The summed E-state index contributed by atoms with van der Waals surface area (Å²) in [6.07, 6.45) is 0.951. The molecule has 3 aromatic rings. The first kappa shape index (κ1) is 20.5. The predicted octanol–water partition coefficient (Wildman–Crippen LogP) is 4.17. The van der Waals surface area contributed by atoms with Crippen molar-refractivity contribution < 1.29 is 4.79 Å². The van der Waals surface area contributed by atoms with Crippen LogP contribution >= 0.6 is 12.4 Å². The second-order valence-electron chi connectivity index (χ2n) is 6.49. The van der Waals surface area contributed by atoms with Crippen molar-refractivity contribution in [1.29, 1.82) is 0 Å². The van der Waals surface area contributed by atoms with E-state index in [9.17, 15) is 4.79 Å². The molecule has 0 atom stereocenters. The van der Waals surface area contributed by atoms with E-state index in [0.717, 1.165) is 17.0 Å². The Hall–Kier alpha value is -2.86. The number of rotatable bonds is 6. The first-order valence-electron chi connectivity index (χ1n) is 8.69. The summed E-state index contributed by atoms with van der Waals surface area (Å²) in [7, 11) is 0. The van der Waals surface area contributed by atoms with Crippen LogP contribution in [0, 0.1) is 0 Å². The van der Waals surface area contributed by atoms with Gasteiger partial charge in [-0.2, -0.15) is 5.10 Å². The van der Waals surface area contributed by atoms with Crippen molar-refractivity contribution in [3.8, 4) is 11.4 Å². The number of carbonyl (C=O) groups is 1. The molecule has 0 bridgehead atoms. The molecule has 0 spiro atoms. The fraction of sp³-hybridized carbons (Fsp3) is 0.250. The van der Waals surface area contributed by atoms with E-state index in [1.807, 2.05) is 62.4 Å². The molecule has 6 nitrogen and oxygen atoms in total. The van der Waals surface area contributed by atoms with Gasteiger partial charge in [0.2, 0.25) is 5.91 Å². The lowest BCUT2D eigenvalue weighted by molar-refractivity contribution is -0.116. The van der Waals surface area contributed by atoms with Gasteiger partial charge in [-0.3, -0.25) is 9.89 Å². The van der Waals surface area contributed by atoms with Gasteiger partial charge in [0.05, 0.1) is 5.69 Å². The van der Waals surface area contributed by atoms with Gasteiger partial charge in [-0.05, 0) is 30.2 Å². The fourth-order valence-corrected chi connectivity index (χ4v) is 2.66. The van der Waals surface area contributed by atoms with Crippen molar-refractivity contribution in [2.75, 3.05) is 11.1 Å². The van der Waals surface area contributed by atoms with Crippen molar-refractivity contribution in [3.05, 3.63) is 59.9 Å². The summed E-state index contributed by atoms with van der Waals surface area (Å²) in [6.45, 7) is 4.10. The lowest BCUT2D eigenvalue weighted by Gasteiger charge is -2.10. The number of para-hydroxylation sites is 2. The molecular weight excluding hydrogens is 362 g/mol. The molecule has 0 saturated carbocycles. The van der Waals surface area contributed by atoms with Crippen LogP contribution in [0.2, 0.25) is 0 Å². The molecule has 0 aliphatic carbocycles. The summed E-state index contributed by atoms with van der Waals surface area (Å²) in [5, 5.41) is 10.2. The van der Waals surface area contributed by atoms with Crippen molar-refractivity contribution in [1.82, 2.24) is 15.2 Å². The molecule has 0 radical (unpaired) electrons. The Labute approximate surface area is 165 Å². The molecule has 3 rings (SSSR count). The van der Waals surface area contributed by atoms with Gasteiger partial charge >= 0.3 is 0 Å². The third-order valence-corrected chi connectivity index (χ3v) is 4.17. The molecule has 7 heteroatoms. The summed E-state index contributed by atoms with van der Waals surface area (Å²) in [5.41, 5.74) is 9.12. The Morgan fingerprint density at radius 3 is 2.56 bits per heavy atom. The highest BCUT2D eigenvalue weighted by molar-refractivity contribution is 5.94. The van der Waals surface area contributed by atoms with Crippen LogP contribution in [0.15, 0.2) is 48.5 Å². The largest absolute Gasteiger partial charge is 0.399 e. The topological polar surface area (TPSA) is 96.7 Å². The Bertz CT molecular complexity index is 907. The number of nitrogen functional groups attached to an aromatic ring is 1. The molecule has 1 heterocycles. The van der Waals surface area contributed by atoms with Crippen molar-refractivity contribution in [2.45, 2.75) is 32.6 Å². The van der Waals surface area contributed by atoms with Crippen LogP contribution in [0.3, 0.4) is 0 Å². The van der Waals surface area contributed by atoms with E-state index in [2.05, 4.69) is 20.5 Å². The highest BCUT2D eigenvalue weighted by atomic mass is 35.5. The number of nitrogens with one attached hydrogen (secondary N) is 2. The maximum atomic E-state index is 12.4. The van der Waals surface area contributed by atoms with Gasteiger partial charge in [-0.25, -0.2) is 4.98 Å². The summed E-state index contributed by atoms with van der Waals surface area (Å²) in [6, 6.07) is 15.1. The quantitative estimate of drug-likeness (QED) is 0.555. The van der Waals surface area contributed by atoms with Crippen LogP contribution in [-0.2, 0) is 11.2 Å². The van der Waals surface area contributed by atoms with Gasteiger partial charge in [0, 0.05) is 23.6 Å². The number of nitrogens with zero attached hydrogens (tertiary/aromatic N) is 2. The second-order valence-corrected chi connectivity index (χ2v) is 6.49. The average Bonchev–Trinajstić information content (AvgIpc) is 3.12. The fourth-order valence-electron chi connectivity index (χ4n) is 2.66. The molecule has 1 amide bonds. The lowest BCUT2D eigenvalue weighted by Crippen LogP contribution is -2.13. The average molecular weight is 386 g/mol. The zero-order valence-corrected chi connectivity index (χ0v) is 16.2. The van der Waals surface area contributed by atoms with Crippen molar-refractivity contribution in [3.63, 3.8) is 0 Å². The van der Waals surface area contributed by atoms with E-state index in [0.29, 0.717) is 30.0 Å². The van der Waals surface area contributed by atoms with Crippen LogP contribution in [0.25, 0.3) is 11.4 Å². The molecule has 0 aliphatic heterocycles. The van der Waals surface area contributed by atoms with E-state index >= 15 is 0 Å². The van der Waals surface area contributed by atoms with Crippen LogP contribution < -0.4 is 11.1 Å². The zero-order chi connectivity index (χ0) is 18.5. The molecule has 0 unspecified atom stereocenters. The summed E-state index contributed by atoms with van der Waals surface area (Å²) < 4.78 is 0. The van der Waals surface area contributed by atoms with E-state index in [1.54, 1.807) is 0 Å². The molecule has 0 aliphatic rings. The number of carbonyl (C=O) groups excluding carboxylic acids is 1. The van der Waals surface area contributed by atoms with Gasteiger partial charge < -0.3 is 11.1 Å². The molecule has 4 N–H and O–H groups in total.